The predicted molar refractivity (Wildman–Crippen MR) is 134 cm³/mol. The van der Waals surface area contributed by atoms with Gasteiger partial charge in [0.2, 0.25) is 5.91 Å². The molecular weight excluding hydrogens is 440 g/mol. The summed E-state index contributed by atoms with van der Waals surface area (Å²) in [7, 11) is 0. The van der Waals surface area contributed by atoms with Gasteiger partial charge in [-0.3, -0.25) is 14.4 Å². The van der Waals surface area contributed by atoms with E-state index in [1.165, 1.54) is 12.8 Å². The molecule has 2 bridgehead atoms. The van der Waals surface area contributed by atoms with Crippen LogP contribution in [0.4, 0.5) is 0 Å². The van der Waals surface area contributed by atoms with E-state index in [-0.39, 0.29) is 28.9 Å². The summed E-state index contributed by atoms with van der Waals surface area (Å²) in [6.45, 7) is 5.14. The van der Waals surface area contributed by atoms with Crippen LogP contribution >= 0.6 is 0 Å². The summed E-state index contributed by atoms with van der Waals surface area (Å²) in [6.07, 6.45) is 17.4. The van der Waals surface area contributed by atoms with Crippen molar-refractivity contribution in [3.63, 3.8) is 0 Å². The summed E-state index contributed by atoms with van der Waals surface area (Å²) >= 11 is 0. The molecule has 6 nitrogen and oxygen atoms in total. The predicted octanol–water partition coefficient (Wildman–Crippen LogP) is 4.02. The number of aliphatic hydroxyl groups is 1. The van der Waals surface area contributed by atoms with Crippen LogP contribution in [0.25, 0.3) is 0 Å². The molecule has 2 amide bonds. The van der Waals surface area contributed by atoms with E-state index >= 15 is 0 Å². The Labute approximate surface area is 208 Å². The molecule has 0 radical (unpaired) electrons. The van der Waals surface area contributed by atoms with Crippen LogP contribution in [-0.4, -0.2) is 35.3 Å². The summed E-state index contributed by atoms with van der Waals surface area (Å²) < 4.78 is 0. The Morgan fingerprint density at radius 3 is 2.57 bits per heavy atom. The lowest BCUT2D eigenvalue weighted by Crippen LogP contribution is -2.31. The van der Waals surface area contributed by atoms with E-state index in [0.717, 1.165) is 24.7 Å². The second-order valence-corrected chi connectivity index (χ2v) is 11.3. The highest BCUT2D eigenvalue weighted by atomic mass is 16.3. The van der Waals surface area contributed by atoms with Crippen molar-refractivity contribution < 1.29 is 19.5 Å². The van der Waals surface area contributed by atoms with Crippen molar-refractivity contribution in [1.82, 2.24) is 10.6 Å². The molecule has 35 heavy (non-hydrogen) atoms. The van der Waals surface area contributed by atoms with E-state index in [1.54, 1.807) is 12.2 Å². The molecule has 0 spiro atoms. The first-order chi connectivity index (χ1) is 16.9. The molecule has 6 heteroatoms. The zero-order valence-corrected chi connectivity index (χ0v) is 20.8. The Hall–Kier alpha value is -2.63. The van der Waals surface area contributed by atoms with E-state index in [2.05, 4.69) is 36.6 Å². The Morgan fingerprint density at radius 1 is 1.00 bits per heavy atom. The van der Waals surface area contributed by atoms with Crippen molar-refractivity contribution in [2.75, 3.05) is 6.54 Å². The number of hydrogen-bond donors (Lipinski definition) is 3. The molecule has 3 fully saturated rings. The molecule has 3 aliphatic carbocycles. The highest BCUT2D eigenvalue weighted by Gasteiger charge is 2.52. The minimum Gasteiger partial charge on any atom is -0.507 e. The maximum absolute atomic E-state index is 12.8. The number of Topliss-reactive ketones (excluding diaryl/α,β-unsaturated/α-hetero) is 1. The lowest BCUT2D eigenvalue weighted by atomic mass is 9.69. The van der Waals surface area contributed by atoms with Gasteiger partial charge in [-0.1, -0.05) is 44.6 Å². The SMILES string of the molecule is CC[C@H]1C2C=CC3C(C[C@H]4/C=C/C(O)=C5/C(=O)N[C@@H](CCCNC(=O)/C=C\C[C@H]34)C5=O)[C@H]2C[C@H]1C. The van der Waals surface area contributed by atoms with Crippen molar-refractivity contribution in [1.29, 1.82) is 0 Å². The lowest BCUT2D eigenvalue weighted by molar-refractivity contribution is -0.118. The topological polar surface area (TPSA) is 95.5 Å². The van der Waals surface area contributed by atoms with Crippen molar-refractivity contribution >= 4 is 17.6 Å². The van der Waals surface area contributed by atoms with Gasteiger partial charge >= 0.3 is 0 Å². The molecule has 1 saturated heterocycles. The van der Waals surface area contributed by atoms with Gasteiger partial charge in [-0.2, -0.15) is 0 Å². The second-order valence-electron chi connectivity index (χ2n) is 11.3. The summed E-state index contributed by atoms with van der Waals surface area (Å²) in [5, 5.41) is 16.3. The van der Waals surface area contributed by atoms with Gasteiger partial charge in [-0.15, -0.1) is 0 Å². The molecule has 0 aromatic carbocycles. The van der Waals surface area contributed by atoms with Crippen molar-refractivity contribution in [2.24, 2.45) is 47.3 Å². The fourth-order valence-electron chi connectivity index (χ4n) is 7.92. The van der Waals surface area contributed by atoms with Gasteiger partial charge in [0.25, 0.3) is 5.91 Å². The van der Waals surface area contributed by atoms with Gasteiger partial charge in [0, 0.05) is 6.54 Å². The molecule has 3 unspecified atom stereocenters. The second kappa shape index (κ2) is 9.79. The van der Waals surface area contributed by atoms with Crippen molar-refractivity contribution in [2.45, 2.75) is 58.4 Å². The Balaban J connectivity index is 1.46. The summed E-state index contributed by atoms with van der Waals surface area (Å²) in [5.41, 5.74) is -0.135. The fourth-order valence-corrected chi connectivity index (χ4v) is 7.92. The number of hydrogen-bond acceptors (Lipinski definition) is 4. The maximum atomic E-state index is 12.8. The molecule has 2 heterocycles. The number of aliphatic hydroxyl groups excluding tert-OH is 1. The monoisotopic (exact) mass is 478 g/mol. The van der Waals surface area contributed by atoms with Crippen LogP contribution in [0.1, 0.15) is 52.4 Å². The van der Waals surface area contributed by atoms with Crippen molar-refractivity contribution in [3.05, 3.63) is 47.8 Å². The highest BCUT2D eigenvalue weighted by Crippen LogP contribution is 2.59. The first-order valence-electron chi connectivity index (χ1n) is 13.5. The Bertz CT molecular complexity index is 1010. The smallest absolute Gasteiger partial charge is 0.259 e. The number of allylic oxidation sites excluding steroid dienone is 5. The van der Waals surface area contributed by atoms with Crippen molar-refractivity contribution in [3.8, 4) is 0 Å². The number of fused-ring (bicyclic) bond motifs is 7. The first kappa shape index (κ1) is 24.1. The van der Waals surface area contributed by atoms with Crippen LogP contribution in [0.5, 0.6) is 0 Å². The van der Waals surface area contributed by atoms with E-state index in [9.17, 15) is 19.5 Å². The maximum Gasteiger partial charge on any atom is 0.259 e. The van der Waals surface area contributed by atoms with Crippen LogP contribution in [0, 0.1) is 47.3 Å². The van der Waals surface area contributed by atoms with Gasteiger partial charge in [0.05, 0.1) is 6.04 Å². The largest absolute Gasteiger partial charge is 0.507 e. The van der Waals surface area contributed by atoms with Gasteiger partial charge < -0.3 is 15.7 Å². The first-order valence-corrected chi connectivity index (χ1v) is 13.5. The third kappa shape index (κ3) is 4.41. The fraction of sp³-hybridized carbons (Fsp3) is 0.621. The number of rotatable bonds is 1. The number of carbonyl (C=O) groups excluding carboxylic acids is 3. The Morgan fingerprint density at radius 2 is 1.77 bits per heavy atom. The van der Waals surface area contributed by atoms with Gasteiger partial charge in [0.1, 0.15) is 11.3 Å². The van der Waals surface area contributed by atoms with Crippen LogP contribution in [-0.2, 0) is 14.4 Å². The van der Waals surface area contributed by atoms with Gasteiger partial charge in [0.15, 0.2) is 5.78 Å². The normalized spacial score (nSPS) is 45.3. The Kier molecular flexibility index (Phi) is 6.73. The van der Waals surface area contributed by atoms with Gasteiger partial charge in [-0.05, 0) is 91.6 Å². The molecule has 5 aliphatic rings. The lowest BCUT2D eigenvalue weighted by Gasteiger charge is -2.35. The molecule has 0 aromatic rings. The summed E-state index contributed by atoms with van der Waals surface area (Å²) in [4.78, 5) is 37.6. The summed E-state index contributed by atoms with van der Waals surface area (Å²) in [6, 6.07) is -0.645. The molecule has 188 valence electrons. The zero-order chi connectivity index (χ0) is 24.7. The average Bonchev–Trinajstić information content (AvgIpc) is 3.44. The third-order valence-electron chi connectivity index (χ3n) is 9.52. The molecular formula is C29H38N2O4. The van der Waals surface area contributed by atoms with E-state index in [4.69, 9.17) is 0 Å². The summed E-state index contributed by atoms with van der Waals surface area (Å²) in [5.74, 6) is 3.16. The molecule has 2 aliphatic heterocycles. The molecule has 2 saturated carbocycles. The minimum absolute atomic E-state index is 0.117. The van der Waals surface area contributed by atoms with E-state index < -0.39 is 11.9 Å². The van der Waals surface area contributed by atoms with Crippen LogP contribution < -0.4 is 10.6 Å². The number of ketones is 1. The molecule has 5 rings (SSSR count). The minimum atomic E-state index is -0.645. The number of nitrogens with one attached hydrogen (secondary N) is 2. The van der Waals surface area contributed by atoms with E-state index in [0.29, 0.717) is 49.0 Å². The molecule has 9 atom stereocenters. The van der Waals surface area contributed by atoms with Crippen LogP contribution in [0.15, 0.2) is 47.8 Å². The van der Waals surface area contributed by atoms with Gasteiger partial charge in [-0.25, -0.2) is 0 Å². The average molecular weight is 479 g/mol. The quantitative estimate of drug-likeness (QED) is 0.392. The number of carbonyl (C=O) groups is 3. The van der Waals surface area contributed by atoms with E-state index in [1.807, 2.05) is 12.2 Å². The zero-order valence-electron chi connectivity index (χ0n) is 20.8. The third-order valence-corrected chi connectivity index (χ3v) is 9.52. The standard InChI is InChI=1S/C29H38N2O4/c1-3-18-16(2)14-22-20(18)10-11-21-19-6-4-8-26(33)30-13-5-7-24-28(34)27(29(35)31-24)25(32)12-9-17(19)15-23(21)22/h4,8-12,16-24,32H,3,5-7,13-15H2,1-2H3,(H,30,33)(H,31,35)/b8-4-,12-9+,27-25-/t16-,17-,18-,19+,20?,21?,22+,23?,24+/m1/s1. The highest BCUT2D eigenvalue weighted by molar-refractivity contribution is 6.27. The van der Waals surface area contributed by atoms with Crippen LogP contribution in [0.3, 0.4) is 0 Å². The molecule has 0 aromatic heterocycles. The molecule has 3 N–H and O–H groups in total. The number of amides is 2. The van der Waals surface area contributed by atoms with Crippen LogP contribution in [0.2, 0.25) is 0 Å².